The van der Waals surface area contributed by atoms with E-state index in [1.165, 1.54) is 12.8 Å². The van der Waals surface area contributed by atoms with E-state index in [4.69, 9.17) is 14.2 Å². The number of rotatable bonds is 10. The van der Waals surface area contributed by atoms with Crippen molar-refractivity contribution in [2.75, 3.05) is 26.4 Å². The van der Waals surface area contributed by atoms with Crippen LogP contribution >= 0.6 is 0 Å². The normalized spacial score (nSPS) is 14.9. The van der Waals surface area contributed by atoms with Crippen molar-refractivity contribution in [3.63, 3.8) is 0 Å². The predicted molar refractivity (Wildman–Crippen MR) is 74.2 cm³/mol. The number of ether oxygens (including phenoxy) is 3. The predicted octanol–water partition coefficient (Wildman–Crippen LogP) is 2.33. The van der Waals surface area contributed by atoms with Gasteiger partial charge >= 0.3 is 11.9 Å². The molecule has 1 fully saturated rings. The Kier molecular flexibility index (Phi) is 6.99. The highest BCUT2D eigenvalue weighted by molar-refractivity contribution is 6.00. The molecule has 0 N–H and O–H groups in total. The molecule has 0 atom stereocenters. The lowest BCUT2D eigenvalue weighted by Gasteiger charge is -2.28. The summed E-state index contributed by atoms with van der Waals surface area (Å²) in [4.78, 5) is 24.5. The molecular weight excluding hydrogens is 260 g/mol. The van der Waals surface area contributed by atoms with Crippen molar-refractivity contribution in [3.8, 4) is 0 Å². The standard InChI is InChI=1S/C15H26O5/c1-4-9-15(13(16)19-5-2,14(17)20-6-3)11-18-10-12-7-8-12/h12H,4-11H2,1-3H3. The fourth-order valence-electron chi connectivity index (χ4n) is 2.13. The van der Waals surface area contributed by atoms with Crippen LogP contribution in [0, 0.1) is 11.3 Å². The summed E-state index contributed by atoms with van der Waals surface area (Å²) in [6, 6.07) is 0. The van der Waals surface area contributed by atoms with Gasteiger partial charge in [-0.05, 0) is 39.0 Å². The van der Waals surface area contributed by atoms with E-state index in [1.807, 2.05) is 6.92 Å². The van der Waals surface area contributed by atoms with Gasteiger partial charge in [0.1, 0.15) is 0 Å². The molecule has 0 heterocycles. The van der Waals surface area contributed by atoms with Crippen LogP contribution in [0.5, 0.6) is 0 Å². The zero-order valence-corrected chi connectivity index (χ0v) is 12.8. The topological polar surface area (TPSA) is 61.8 Å². The molecule has 116 valence electrons. The van der Waals surface area contributed by atoms with Crippen LogP contribution in [-0.2, 0) is 23.8 Å². The average Bonchev–Trinajstić information content (AvgIpc) is 3.22. The van der Waals surface area contributed by atoms with Crippen LogP contribution in [0.1, 0.15) is 46.5 Å². The first-order chi connectivity index (χ1) is 9.60. The molecule has 0 spiro atoms. The van der Waals surface area contributed by atoms with E-state index in [2.05, 4.69) is 0 Å². The Morgan fingerprint density at radius 1 is 1.05 bits per heavy atom. The molecule has 0 saturated heterocycles. The highest BCUT2D eigenvalue weighted by atomic mass is 16.6. The lowest BCUT2D eigenvalue weighted by molar-refractivity contribution is -0.178. The molecule has 5 heteroatoms. The summed E-state index contributed by atoms with van der Waals surface area (Å²) in [7, 11) is 0. The fourth-order valence-corrected chi connectivity index (χ4v) is 2.13. The Morgan fingerprint density at radius 2 is 1.60 bits per heavy atom. The second-order valence-corrected chi connectivity index (χ2v) is 5.23. The Labute approximate surface area is 121 Å². The molecule has 5 nitrogen and oxygen atoms in total. The van der Waals surface area contributed by atoms with Crippen molar-refractivity contribution >= 4 is 11.9 Å². The zero-order valence-electron chi connectivity index (χ0n) is 12.8. The maximum absolute atomic E-state index is 12.3. The number of esters is 2. The second-order valence-electron chi connectivity index (χ2n) is 5.23. The van der Waals surface area contributed by atoms with Gasteiger partial charge in [-0.3, -0.25) is 9.59 Å². The third kappa shape index (κ3) is 4.47. The van der Waals surface area contributed by atoms with Crippen LogP contribution < -0.4 is 0 Å². The number of carbonyl (C=O) groups excluding carboxylic acids is 2. The number of hydrogen-bond donors (Lipinski definition) is 0. The van der Waals surface area contributed by atoms with Gasteiger partial charge in [-0.25, -0.2) is 0 Å². The molecule has 0 aromatic rings. The van der Waals surface area contributed by atoms with Gasteiger partial charge in [0, 0.05) is 6.61 Å². The maximum Gasteiger partial charge on any atom is 0.325 e. The molecule has 1 rings (SSSR count). The lowest BCUT2D eigenvalue weighted by atomic mass is 9.84. The van der Waals surface area contributed by atoms with Crippen LogP contribution in [0.2, 0.25) is 0 Å². The molecule has 0 unspecified atom stereocenters. The first kappa shape index (κ1) is 17.0. The van der Waals surface area contributed by atoms with E-state index in [-0.39, 0.29) is 19.8 Å². The lowest BCUT2D eigenvalue weighted by Crippen LogP contribution is -2.46. The Bertz CT molecular complexity index is 304. The van der Waals surface area contributed by atoms with Gasteiger partial charge < -0.3 is 14.2 Å². The largest absolute Gasteiger partial charge is 0.465 e. The molecule has 0 bridgehead atoms. The summed E-state index contributed by atoms with van der Waals surface area (Å²) in [6.07, 6.45) is 3.40. The van der Waals surface area contributed by atoms with E-state index >= 15 is 0 Å². The van der Waals surface area contributed by atoms with Gasteiger partial charge in [0.05, 0.1) is 19.8 Å². The highest BCUT2D eigenvalue weighted by Crippen LogP contribution is 2.32. The van der Waals surface area contributed by atoms with Crippen LogP contribution in [0.15, 0.2) is 0 Å². The van der Waals surface area contributed by atoms with Gasteiger partial charge in [0.2, 0.25) is 0 Å². The Morgan fingerprint density at radius 3 is 2.00 bits per heavy atom. The van der Waals surface area contributed by atoms with Gasteiger partial charge in [0.25, 0.3) is 0 Å². The van der Waals surface area contributed by atoms with Crippen molar-refractivity contribution in [3.05, 3.63) is 0 Å². The van der Waals surface area contributed by atoms with Gasteiger partial charge in [-0.2, -0.15) is 0 Å². The number of carbonyl (C=O) groups is 2. The van der Waals surface area contributed by atoms with Crippen LogP contribution in [0.25, 0.3) is 0 Å². The summed E-state index contributed by atoms with van der Waals surface area (Å²) in [5.41, 5.74) is -1.31. The van der Waals surface area contributed by atoms with E-state index in [1.54, 1.807) is 13.8 Å². The van der Waals surface area contributed by atoms with E-state index in [0.717, 1.165) is 0 Å². The van der Waals surface area contributed by atoms with E-state index < -0.39 is 17.4 Å². The highest BCUT2D eigenvalue weighted by Gasteiger charge is 2.48. The average molecular weight is 286 g/mol. The number of hydrogen-bond acceptors (Lipinski definition) is 5. The quantitative estimate of drug-likeness (QED) is 0.455. The third-order valence-corrected chi connectivity index (χ3v) is 3.41. The molecule has 0 radical (unpaired) electrons. The monoisotopic (exact) mass is 286 g/mol. The van der Waals surface area contributed by atoms with Crippen molar-refractivity contribution in [1.29, 1.82) is 0 Å². The van der Waals surface area contributed by atoms with Crippen LogP contribution in [0.4, 0.5) is 0 Å². The minimum Gasteiger partial charge on any atom is -0.465 e. The zero-order chi connectivity index (χ0) is 15.0. The molecule has 1 aliphatic rings. The minimum absolute atomic E-state index is 0.0506. The smallest absolute Gasteiger partial charge is 0.325 e. The molecule has 20 heavy (non-hydrogen) atoms. The first-order valence-electron chi connectivity index (χ1n) is 7.52. The van der Waals surface area contributed by atoms with E-state index in [9.17, 15) is 9.59 Å². The minimum atomic E-state index is -1.31. The van der Waals surface area contributed by atoms with Crippen molar-refractivity contribution in [2.24, 2.45) is 11.3 Å². The molecule has 1 aliphatic carbocycles. The summed E-state index contributed by atoms with van der Waals surface area (Å²) < 4.78 is 15.8. The van der Waals surface area contributed by atoms with Gasteiger partial charge in [-0.1, -0.05) is 13.3 Å². The second kappa shape index (κ2) is 8.25. The fraction of sp³-hybridized carbons (Fsp3) is 0.867. The summed E-state index contributed by atoms with van der Waals surface area (Å²) in [6.45, 7) is 6.52. The molecule has 0 amide bonds. The molecular formula is C15H26O5. The molecule has 0 aliphatic heterocycles. The van der Waals surface area contributed by atoms with Gasteiger partial charge in [0.15, 0.2) is 5.41 Å². The van der Waals surface area contributed by atoms with Crippen molar-refractivity contribution < 1.29 is 23.8 Å². The third-order valence-electron chi connectivity index (χ3n) is 3.41. The molecule has 0 aromatic heterocycles. The van der Waals surface area contributed by atoms with Crippen LogP contribution in [-0.4, -0.2) is 38.4 Å². The SMILES string of the molecule is CCCC(COCC1CC1)(C(=O)OCC)C(=O)OCC. The Hall–Kier alpha value is -1.10. The van der Waals surface area contributed by atoms with E-state index in [0.29, 0.717) is 25.4 Å². The first-order valence-corrected chi connectivity index (χ1v) is 7.52. The van der Waals surface area contributed by atoms with Crippen molar-refractivity contribution in [1.82, 2.24) is 0 Å². The Balaban J connectivity index is 2.78. The van der Waals surface area contributed by atoms with Crippen LogP contribution in [0.3, 0.4) is 0 Å². The summed E-state index contributed by atoms with van der Waals surface area (Å²) in [5, 5.41) is 0. The van der Waals surface area contributed by atoms with Gasteiger partial charge in [-0.15, -0.1) is 0 Å². The summed E-state index contributed by atoms with van der Waals surface area (Å²) >= 11 is 0. The molecule has 0 aromatic carbocycles. The summed E-state index contributed by atoms with van der Waals surface area (Å²) in [5.74, 6) is -0.481. The maximum atomic E-state index is 12.3. The van der Waals surface area contributed by atoms with Crippen molar-refractivity contribution in [2.45, 2.75) is 46.5 Å². The molecule has 1 saturated carbocycles.